The first-order valence-electron chi connectivity index (χ1n) is 25.5. The number of esters is 1. The minimum atomic E-state index is -0.796. The van der Waals surface area contributed by atoms with Crippen molar-refractivity contribution >= 4 is 11.9 Å². The number of aliphatic hydroxyl groups excluding tert-OH is 2. The lowest BCUT2D eigenvalue weighted by atomic mass is 10.0. The lowest BCUT2D eigenvalue weighted by Crippen LogP contribution is -2.46. The van der Waals surface area contributed by atoms with Crippen LogP contribution in [-0.2, 0) is 14.3 Å². The number of carbonyl (C=O) groups is 2. The Kier molecular flexibility index (Phi) is 45.7. The van der Waals surface area contributed by atoms with Crippen molar-refractivity contribution in [3.63, 3.8) is 0 Å². The molecule has 0 rings (SSSR count). The Morgan fingerprint density at radius 2 is 0.900 bits per heavy atom. The fourth-order valence-electron chi connectivity index (χ4n) is 7.43. The second-order valence-electron chi connectivity index (χ2n) is 17.2. The van der Waals surface area contributed by atoms with Crippen LogP contribution in [0.3, 0.4) is 0 Å². The first kappa shape index (κ1) is 57.6. The highest BCUT2D eigenvalue weighted by molar-refractivity contribution is 5.77. The van der Waals surface area contributed by atoms with Crippen molar-refractivity contribution < 1.29 is 24.5 Å². The molecule has 0 aliphatic rings. The first-order valence-corrected chi connectivity index (χ1v) is 25.5. The highest BCUT2D eigenvalue weighted by Crippen LogP contribution is 2.17. The average Bonchev–Trinajstić information content (AvgIpc) is 3.24. The van der Waals surface area contributed by atoms with E-state index in [-0.39, 0.29) is 24.9 Å². The maximum absolute atomic E-state index is 13.2. The monoisotopic (exact) mass is 840 g/mol. The normalized spacial score (nSPS) is 13.8. The van der Waals surface area contributed by atoms with Crippen molar-refractivity contribution in [2.24, 2.45) is 0 Å². The van der Waals surface area contributed by atoms with Crippen LogP contribution >= 0.6 is 0 Å². The second-order valence-corrected chi connectivity index (χ2v) is 17.2. The number of hydrogen-bond donors (Lipinski definition) is 3. The minimum absolute atomic E-state index is 0.0565. The standard InChI is InChI=1S/C54H97NO5/c1-4-7-10-13-16-19-21-23-25-26-28-29-31-34-36-39-42-45-50(48-53(58)55-51(49-56)52(57)46-43-40-37-33-18-15-12-9-6-3)60-54(59)47-44-41-38-35-32-30-27-24-22-20-17-14-11-8-5-2/h16-17,19-20,22-25,28-29,50-52,56-57H,4-15,18,21,26-27,30-49H2,1-3H3,(H,55,58)/b19-16-,20-17+,24-22+,25-23-,29-28-. The van der Waals surface area contributed by atoms with Crippen molar-refractivity contribution in [1.82, 2.24) is 5.32 Å². The molecule has 6 heteroatoms. The van der Waals surface area contributed by atoms with Crippen LogP contribution < -0.4 is 5.32 Å². The number of allylic oxidation sites excluding steroid dienone is 10. The van der Waals surface area contributed by atoms with Crippen molar-refractivity contribution in [3.8, 4) is 0 Å². The molecule has 60 heavy (non-hydrogen) atoms. The SMILES string of the molecule is CCCCC/C=C\C/C=C\C/C=C\CCCCCCC(CC(=O)NC(CO)C(O)CCCCCCCCCCC)OC(=O)CCCCCCCC/C=C/C=C/CCCCC. The van der Waals surface area contributed by atoms with E-state index in [1.54, 1.807) is 0 Å². The van der Waals surface area contributed by atoms with E-state index < -0.39 is 18.2 Å². The zero-order valence-electron chi connectivity index (χ0n) is 39.6. The molecule has 0 aromatic heterocycles. The highest BCUT2D eigenvalue weighted by Gasteiger charge is 2.24. The van der Waals surface area contributed by atoms with Gasteiger partial charge in [0.2, 0.25) is 5.91 Å². The Labute approximate surface area is 371 Å². The quantitative estimate of drug-likeness (QED) is 0.0246. The van der Waals surface area contributed by atoms with Crippen LogP contribution in [0.15, 0.2) is 60.8 Å². The summed E-state index contributed by atoms with van der Waals surface area (Å²) in [6, 6.07) is -0.711. The molecule has 0 aromatic carbocycles. The molecule has 0 heterocycles. The molecule has 0 radical (unpaired) electrons. The average molecular weight is 840 g/mol. The van der Waals surface area contributed by atoms with Gasteiger partial charge < -0.3 is 20.3 Å². The van der Waals surface area contributed by atoms with Crippen LogP contribution in [0.4, 0.5) is 0 Å². The molecule has 348 valence electrons. The van der Waals surface area contributed by atoms with Crippen LogP contribution in [0.1, 0.15) is 245 Å². The zero-order chi connectivity index (χ0) is 43.8. The summed E-state index contributed by atoms with van der Waals surface area (Å²) < 4.78 is 5.92. The summed E-state index contributed by atoms with van der Waals surface area (Å²) in [5.74, 6) is -0.509. The van der Waals surface area contributed by atoms with E-state index in [0.717, 1.165) is 89.9 Å². The number of ether oxygens (including phenoxy) is 1. The molecular weight excluding hydrogens is 743 g/mol. The molecule has 0 fully saturated rings. The summed E-state index contributed by atoms with van der Waals surface area (Å²) in [5.41, 5.74) is 0. The molecule has 3 unspecified atom stereocenters. The maximum Gasteiger partial charge on any atom is 0.306 e. The van der Waals surface area contributed by atoms with Crippen molar-refractivity contribution in [3.05, 3.63) is 60.8 Å². The smallest absolute Gasteiger partial charge is 0.306 e. The van der Waals surface area contributed by atoms with Gasteiger partial charge in [-0.15, -0.1) is 0 Å². The fourth-order valence-corrected chi connectivity index (χ4v) is 7.43. The predicted octanol–water partition coefficient (Wildman–Crippen LogP) is 15.2. The van der Waals surface area contributed by atoms with Gasteiger partial charge in [0.05, 0.1) is 25.2 Å². The summed E-state index contributed by atoms with van der Waals surface area (Å²) in [6.45, 7) is 6.40. The largest absolute Gasteiger partial charge is 0.462 e. The van der Waals surface area contributed by atoms with E-state index in [0.29, 0.717) is 19.3 Å². The molecule has 0 aliphatic heterocycles. The van der Waals surface area contributed by atoms with Crippen LogP contribution in [0.2, 0.25) is 0 Å². The predicted molar refractivity (Wildman–Crippen MR) is 259 cm³/mol. The van der Waals surface area contributed by atoms with Crippen molar-refractivity contribution in [1.29, 1.82) is 0 Å². The lowest BCUT2D eigenvalue weighted by molar-refractivity contribution is -0.151. The number of aliphatic hydroxyl groups is 2. The second kappa shape index (κ2) is 47.6. The number of rotatable bonds is 45. The van der Waals surface area contributed by atoms with Crippen LogP contribution in [0.25, 0.3) is 0 Å². The molecule has 0 spiro atoms. The molecular formula is C54H97NO5. The van der Waals surface area contributed by atoms with E-state index in [2.05, 4.69) is 86.8 Å². The van der Waals surface area contributed by atoms with E-state index >= 15 is 0 Å². The Morgan fingerprint density at radius 1 is 0.500 bits per heavy atom. The van der Waals surface area contributed by atoms with Crippen LogP contribution in [0, 0.1) is 0 Å². The number of hydrogen-bond acceptors (Lipinski definition) is 5. The summed E-state index contributed by atoms with van der Waals surface area (Å²) in [5, 5.41) is 23.7. The number of nitrogens with one attached hydrogen (secondary N) is 1. The third kappa shape index (κ3) is 42.3. The van der Waals surface area contributed by atoms with Gasteiger partial charge in [-0.25, -0.2) is 0 Å². The van der Waals surface area contributed by atoms with E-state index in [9.17, 15) is 19.8 Å². The molecule has 0 saturated carbocycles. The topological polar surface area (TPSA) is 95.9 Å². The van der Waals surface area contributed by atoms with E-state index in [4.69, 9.17) is 4.74 Å². The van der Waals surface area contributed by atoms with E-state index in [1.165, 1.54) is 109 Å². The van der Waals surface area contributed by atoms with Gasteiger partial charge >= 0.3 is 5.97 Å². The van der Waals surface area contributed by atoms with Crippen molar-refractivity contribution in [2.45, 2.75) is 264 Å². The fraction of sp³-hybridized carbons (Fsp3) is 0.778. The van der Waals surface area contributed by atoms with Gasteiger partial charge in [-0.1, -0.05) is 204 Å². The number of carbonyl (C=O) groups excluding carboxylic acids is 2. The van der Waals surface area contributed by atoms with Crippen LogP contribution in [0.5, 0.6) is 0 Å². The minimum Gasteiger partial charge on any atom is -0.462 e. The summed E-state index contributed by atoms with van der Waals surface area (Å²) >= 11 is 0. The van der Waals surface area contributed by atoms with Gasteiger partial charge in [0.15, 0.2) is 0 Å². The number of amides is 1. The first-order chi connectivity index (χ1) is 29.5. The Morgan fingerprint density at radius 3 is 1.42 bits per heavy atom. The maximum atomic E-state index is 13.2. The molecule has 1 amide bonds. The zero-order valence-corrected chi connectivity index (χ0v) is 39.6. The van der Waals surface area contributed by atoms with Crippen molar-refractivity contribution in [2.75, 3.05) is 6.61 Å². The summed E-state index contributed by atoms with van der Waals surface area (Å²) in [4.78, 5) is 26.1. The third-order valence-corrected chi connectivity index (χ3v) is 11.3. The van der Waals surface area contributed by atoms with Crippen LogP contribution in [-0.4, -0.2) is 46.9 Å². The molecule has 6 nitrogen and oxygen atoms in total. The van der Waals surface area contributed by atoms with Gasteiger partial charge in [-0.05, 0) is 89.9 Å². The Balaban J connectivity index is 4.66. The van der Waals surface area contributed by atoms with Gasteiger partial charge in [0.25, 0.3) is 0 Å². The summed E-state index contributed by atoms with van der Waals surface area (Å²) in [6.07, 6.45) is 58.5. The van der Waals surface area contributed by atoms with Gasteiger partial charge in [-0.2, -0.15) is 0 Å². The Bertz CT molecular complexity index is 1080. The molecule has 3 atom stereocenters. The highest BCUT2D eigenvalue weighted by atomic mass is 16.5. The Hall–Kier alpha value is -2.44. The van der Waals surface area contributed by atoms with Gasteiger partial charge in [0.1, 0.15) is 6.10 Å². The van der Waals surface area contributed by atoms with Gasteiger partial charge in [0, 0.05) is 6.42 Å². The third-order valence-electron chi connectivity index (χ3n) is 11.3. The van der Waals surface area contributed by atoms with E-state index in [1.807, 2.05) is 0 Å². The molecule has 0 saturated heterocycles. The molecule has 3 N–H and O–H groups in total. The van der Waals surface area contributed by atoms with Gasteiger partial charge in [-0.3, -0.25) is 9.59 Å². The summed E-state index contributed by atoms with van der Waals surface area (Å²) in [7, 11) is 0. The molecule has 0 bridgehead atoms. The molecule has 0 aliphatic carbocycles. The number of unbranched alkanes of at least 4 members (excludes halogenated alkanes) is 24. The molecule has 0 aromatic rings. The lowest BCUT2D eigenvalue weighted by Gasteiger charge is -2.24.